The Morgan fingerprint density at radius 2 is 1.67 bits per heavy atom. The van der Waals surface area contributed by atoms with E-state index >= 15 is 0 Å². The van der Waals surface area contributed by atoms with E-state index in [1.54, 1.807) is 4.90 Å². The fraction of sp³-hybridized carbons (Fsp3) is 0.600. The molecule has 0 amide bonds. The molecule has 1 saturated heterocycles. The number of methoxy groups -OCH3 is 2. The van der Waals surface area contributed by atoms with Crippen molar-refractivity contribution in [1.82, 2.24) is 10.2 Å². The largest absolute Gasteiger partial charge is 0.502 e. The molecule has 2 N–H and O–H groups in total. The topological polar surface area (TPSA) is 54.0 Å². The molecule has 1 atom stereocenters. The third-order valence-electron chi connectivity index (χ3n) is 3.90. The zero-order valence-corrected chi connectivity index (χ0v) is 14.3. The molecule has 0 bridgehead atoms. The molecular weight excluding hydrogens is 349 g/mol. The van der Waals surface area contributed by atoms with E-state index in [-0.39, 0.29) is 29.7 Å². The number of nitrogens with one attached hydrogen (secondary N) is 1. The van der Waals surface area contributed by atoms with Gasteiger partial charge >= 0.3 is 6.18 Å². The third kappa shape index (κ3) is 5.06. The maximum absolute atomic E-state index is 13.0. The van der Waals surface area contributed by atoms with Crippen LogP contribution in [-0.2, 0) is 0 Å². The lowest BCUT2D eigenvalue weighted by molar-refractivity contribution is -0.148. The lowest BCUT2D eigenvalue weighted by Gasteiger charge is -2.36. The van der Waals surface area contributed by atoms with Crippen LogP contribution in [0.25, 0.3) is 0 Å². The van der Waals surface area contributed by atoms with Gasteiger partial charge in [0.15, 0.2) is 11.5 Å². The average molecular weight is 371 g/mol. The zero-order valence-electron chi connectivity index (χ0n) is 13.5. The van der Waals surface area contributed by atoms with Crippen molar-refractivity contribution in [3.05, 3.63) is 17.7 Å². The third-order valence-corrected chi connectivity index (χ3v) is 3.90. The van der Waals surface area contributed by atoms with E-state index in [4.69, 9.17) is 9.47 Å². The van der Waals surface area contributed by atoms with Crippen LogP contribution in [0.5, 0.6) is 17.2 Å². The molecule has 24 heavy (non-hydrogen) atoms. The van der Waals surface area contributed by atoms with Gasteiger partial charge in [0.1, 0.15) is 0 Å². The lowest BCUT2D eigenvalue weighted by Crippen LogP contribution is -2.46. The quantitative estimate of drug-likeness (QED) is 0.834. The summed E-state index contributed by atoms with van der Waals surface area (Å²) in [6.45, 7) is 2.32. The second-order valence-corrected chi connectivity index (χ2v) is 5.40. The predicted molar refractivity (Wildman–Crippen MR) is 86.3 cm³/mol. The van der Waals surface area contributed by atoms with Crippen molar-refractivity contribution < 1.29 is 27.8 Å². The van der Waals surface area contributed by atoms with Gasteiger partial charge in [0.25, 0.3) is 0 Å². The normalized spacial score (nSPS) is 17.0. The molecule has 1 aliphatic heterocycles. The van der Waals surface area contributed by atoms with E-state index in [0.717, 1.165) is 0 Å². The van der Waals surface area contributed by atoms with Crippen LogP contribution in [0.1, 0.15) is 18.0 Å². The molecule has 0 saturated carbocycles. The monoisotopic (exact) mass is 370 g/mol. The fourth-order valence-corrected chi connectivity index (χ4v) is 2.78. The number of phenolic OH excluding ortho intramolecular Hbond substituents is 1. The number of rotatable bonds is 5. The number of phenols is 1. The smallest absolute Gasteiger partial charge is 0.390 e. The number of piperazine rings is 1. The van der Waals surface area contributed by atoms with Crippen LogP contribution in [0.2, 0.25) is 0 Å². The Morgan fingerprint density at radius 1 is 1.17 bits per heavy atom. The summed E-state index contributed by atoms with van der Waals surface area (Å²) in [5, 5.41) is 13.1. The minimum atomic E-state index is -4.30. The maximum atomic E-state index is 13.0. The molecule has 2 rings (SSSR count). The van der Waals surface area contributed by atoms with Gasteiger partial charge in [0.05, 0.1) is 20.6 Å². The summed E-state index contributed by atoms with van der Waals surface area (Å²) in [4.78, 5) is 1.79. The van der Waals surface area contributed by atoms with Crippen molar-refractivity contribution in [2.45, 2.75) is 18.6 Å². The SMILES string of the molecule is COc1cc([C@@H](CC(F)(F)F)N2CCNCC2)cc(OC)c1O.Cl. The first kappa shape index (κ1) is 20.7. The molecule has 138 valence electrons. The summed E-state index contributed by atoms with van der Waals surface area (Å²) in [5.74, 6) is -0.0202. The second-order valence-electron chi connectivity index (χ2n) is 5.40. The molecular formula is C15H22ClF3N2O3. The molecule has 0 aromatic heterocycles. The molecule has 9 heteroatoms. The van der Waals surface area contributed by atoms with Gasteiger partial charge < -0.3 is 19.9 Å². The van der Waals surface area contributed by atoms with Crippen LogP contribution in [0.4, 0.5) is 13.2 Å². The number of aromatic hydroxyl groups is 1. The number of ether oxygens (including phenoxy) is 2. The van der Waals surface area contributed by atoms with E-state index in [1.165, 1.54) is 26.4 Å². The Morgan fingerprint density at radius 3 is 2.08 bits per heavy atom. The van der Waals surface area contributed by atoms with Gasteiger partial charge in [-0.25, -0.2) is 0 Å². The van der Waals surface area contributed by atoms with Crippen LogP contribution in [0.3, 0.4) is 0 Å². The summed E-state index contributed by atoms with van der Waals surface area (Å²) in [7, 11) is 2.70. The van der Waals surface area contributed by atoms with Crippen molar-refractivity contribution in [2.24, 2.45) is 0 Å². The number of alkyl halides is 3. The summed E-state index contributed by atoms with van der Waals surface area (Å²) in [6, 6.07) is 2.03. The van der Waals surface area contributed by atoms with Crippen LogP contribution >= 0.6 is 12.4 Å². The van der Waals surface area contributed by atoms with E-state index < -0.39 is 18.6 Å². The number of benzene rings is 1. The first-order valence-electron chi connectivity index (χ1n) is 7.32. The Bertz CT molecular complexity index is 512. The van der Waals surface area contributed by atoms with Crippen molar-refractivity contribution in [1.29, 1.82) is 0 Å². The van der Waals surface area contributed by atoms with Crippen molar-refractivity contribution in [3.63, 3.8) is 0 Å². The molecule has 0 aliphatic carbocycles. The van der Waals surface area contributed by atoms with Gasteiger partial charge in [-0.15, -0.1) is 12.4 Å². The molecule has 1 aromatic carbocycles. The Hall–Kier alpha value is -1.38. The van der Waals surface area contributed by atoms with Gasteiger partial charge in [0, 0.05) is 32.2 Å². The molecule has 1 aromatic rings. The number of halogens is 4. The number of nitrogens with zero attached hydrogens (tertiary/aromatic N) is 1. The summed E-state index contributed by atoms with van der Waals surface area (Å²) in [5.41, 5.74) is 0.413. The van der Waals surface area contributed by atoms with Gasteiger partial charge in [-0.1, -0.05) is 0 Å². The van der Waals surface area contributed by atoms with E-state index in [2.05, 4.69) is 5.32 Å². The van der Waals surface area contributed by atoms with Crippen LogP contribution in [-0.4, -0.2) is 56.6 Å². The maximum Gasteiger partial charge on any atom is 0.390 e. The summed E-state index contributed by atoms with van der Waals surface area (Å²) >= 11 is 0. The second kappa shape index (κ2) is 8.64. The van der Waals surface area contributed by atoms with E-state index in [1.807, 2.05) is 0 Å². The van der Waals surface area contributed by atoms with Gasteiger partial charge in [-0.3, -0.25) is 4.90 Å². The lowest BCUT2D eigenvalue weighted by atomic mass is 9.99. The highest BCUT2D eigenvalue weighted by Gasteiger charge is 2.36. The van der Waals surface area contributed by atoms with Crippen molar-refractivity contribution >= 4 is 12.4 Å². The predicted octanol–water partition coefficient (Wildman–Crippen LogP) is 2.73. The van der Waals surface area contributed by atoms with Gasteiger partial charge in [-0.05, 0) is 17.7 Å². The molecule has 0 spiro atoms. The summed E-state index contributed by atoms with van der Waals surface area (Å²) < 4.78 is 49.2. The minimum absolute atomic E-state index is 0. The molecule has 0 radical (unpaired) electrons. The molecule has 1 fully saturated rings. The zero-order chi connectivity index (χ0) is 17.0. The minimum Gasteiger partial charge on any atom is -0.502 e. The highest BCUT2D eigenvalue weighted by molar-refractivity contribution is 5.85. The molecule has 1 heterocycles. The average Bonchev–Trinajstić information content (AvgIpc) is 2.53. The highest BCUT2D eigenvalue weighted by Crippen LogP contribution is 2.42. The van der Waals surface area contributed by atoms with Gasteiger partial charge in [0.2, 0.25) is 5.75 Å². The Kier molecular flexibility index (Phi) is 7.44. The molecule has 0 unspecified atom stereocenters. The van der Waals surface area contributed by atoms with Crippen molar-refractivity contribution in [2.75, 3.05) is 40.4 Å². The Labute approximate surface area is 145 Å². The van der Waals surface area contributed by atoms with Crippen LogP contribution < -0.4 is 14.8 Å². The van der Waals surface area contributed by atoms with E-state index in [9.17, 15) is 18.3 Å². The molecule has 5 nitrogen and oxygen atoms in total. The number of hydrogen-bond acceptors (Lipinski definition) is 5. The van der Waals surface area contributed by atoms with Crippen LogP contribution in [0.15, 0.2) is 12.1 Å². The molecule has 1 aliphatic rings. The fourth-order valence-electron chi connectivity index (χ4n) is 2.78. The van der Waals surface area contributed by atoms with E-state index in [0.29, 0.717) is 31.7 Å². The van der Waals surface area contributed by atoms with Crippen LogP contribution in [0, 0.1) is 0 Å². The van der Waals surface area contributed by atoms with Gasteiger partial charge in [-0.2, -0.15) is 13.2 Å². The first-order valence-corrected chi connectivity index (χ1v) is 7.32. The first-order chi connectivity index (χ1) is 10.9. The highest BCUT2D eigenvalue weighted by atomic mass is 35.5. The Balaban J connectivity index is 0.00000288. The number of hydrogen-bond donors (Lipinski definition) is 2. The van der Waals surface area contributed by atoms with Crippen molar-refractivity contribution in [3.8, 4) is 17.2 Å². The summed E-state index contributed by atoms with van der Waals surface area (Å²) in [6.07, 6.45) is -5.27. The standard InChI is InChI=1S/C15H21F3N2O3.ClH/c1-22-12-7-10(8-13(23-2)14(12)21)11(9-15(16,17)18)20-5-3-19-4-6-20;/h7-8,11,19,21H,3-6,9H2,1-2H3;1H/t11-;/m1./s1.